The first-order valence-electron chi connectivity index (χ1n) is 6.04. The first-order valence-corrected chi connectivity index (χ1v) is 8.94. The van der Waals surface area contributed by atoms with Crippen LogP contribution in [-0.4, -0.2) is 26.1 Å². The number of hydrogen-bond donors (Lipinski definition) is 1. The standard InChI is InChI=1S/C13H28O2Si/c1-11(2)10-12(8-9-14)15-16(6,7)13(3,4)5/h10,12,14H,8-9H2,1-7H3/t12-/m0/s1. The Morgan fingerprint density at radius 1 is 1.31 bits per heavy atom. The second kappa shape index (κ2) is 5.99. The maximum atomic E-state index is 9.06. The topological polar surface area (TPSA) is 29.5 Å². The van der Waals surface area contributed by atoms with Crippen LogP contribution >= 0.6 is 0 Å². The van der Waals surface area contributed by atoms with Gasteiger partial charge in [0.2, 0.25) is 0 Å². The summed E-state index contributed by atoms with van der Waals surface area (Å²) in [5.74, 6) is 0. The van der Waals surface area contributed by atoms with Gasteiger partial charge in [0.25, 0.3) is 0 Å². The van der Waals surface area contributed by atoms with Crippen molar-refractivity contribution in [1.82, 2.24) is 0 Å². The molecular formula is C13H28O2Si. The Morgan fingerprint density at radius 3 is 2.12 bits per heavy atom. The number of hydrogen-bond acceptors (Lipinski definition) is 2. The summed E-state index contributed by atoms with van der Waals surface area (Å²) < 4.78 is 6.26. The van der Waals surface area contributed by atoms with Crippen molar-refractivity contribution in [3.8, 4) is 0 Å². The van der Waals surface area contributed by atoms with Crippen molar-refractivity contribution in [2.75, 3.05) is 6.61 Å². The molecule has 1 N–H and O–H groups in total. The molecule has 3 heteroatoms. The zero-order valence-corrected chi connectivity index (χ0v) is 12.9. The van der Waals surface area contributed by atoms with Gasteiger partial charge in [0, 0.05) is 6.61 Å². The van der Waals surface area contributed by atoms with Crippen LogP contribution in [0.4, 0.5) is 0 Å². The van der Waals surface area contributed by atoms with Crippen molar-refractivity contribution in [1.29, 1.82) is 0 Å². The van der Waals surface area contributed by atoms with Gasteiger partial charge in [0.15, 0.2) is 8.32 Å². The van der Waals surface area contributed by atoms with E-state index in [9.17, 15) is 0 Å². The van der Waals surface area contributed by atoms with Crippen molar-refractivity contribution in [2.24, 2.45) is 0 Å². The summed E-state index contributed by atoms with van der Waals surface area (Å²) in [6.45, 7) is 15.5. The van der Waals surface area contributed by atoms with E-state index in [-0.39, 0.29) is 17.7 Å². The highest BCUT2D eigenvalue weighted by Gasteiger charge is 2.38. The molecular weight excluding hydrogens is 216 g/mol. The average molecular weight is 244 g/mol. The average Bonchev–Trinajstić information content (AvgIpc) is 1.99. The van der Waals surface area contributed by atoms with Gasteiger partial charge in [-0.1, -0.05) is 32.4 Å². The summed E-state index contributed by atoms with van der Waals surface area (Å²) >= 11 is 0. The minimum absolute atomic E-state index is 0.0656. The Balaban J connectivity index is 4.69. The third-order valence-electron chi connectivity index (χ3n) is 3.19. The fraction of sp³-hybridized carbons (Fsp3) is 0.846. The maximum Gasteiger partial charge on any atom is 0.192 e. The molecule has 0 radical (unpaired) electrons. The third kappa shape index (κ3) is 5.28. The summed E-state index contributed by atoms with van der Waals surface area (Å²) in [6.07, 6.45) is 2.88. The van der Waals surface area contributed by atoms with Crippen LogP contribution in [0.15, 0.2) is 11.6 Å². The molecule has 0 heterocycles. The van der Waals surface area contributed by atoms with E-state index >= 15 is 0 Å². The van der Waals surface area contributed by atoms with Crippen LogP contribution in [-0.2, 0) is 4.43 Å². The SMILES string of the molecule is CC(C)=C[C@H](CCO)O[Si](C)(C)C(C)(C)C. The number of allylic oxidation sites excluding steroid dienone is 1. The molecule has 0 unspecified atom stereocenters. The molecule has 0 spiro atoms. The molecule has 0 amide bonds. The largest absolute Gasteiger partial charge is 0.410 e. The number of rotatable bonds is 5. The fourth-order valence-corrected chi connectivity index (χ4v) is 2.53. The second-order valence-corrected chi connectivity index (χ2v) is 10.9. The fourth-order valence-electron chi connectivity index (χ4n) is 1.23. The number of aliphatic hydroxyl groups excluding tert-OH is 1. The van der Waals surface area contributed by atoms with Gasteiger partial charge < -0.3 is 9.53 Å². The molecule has 1 atom stereocenters. The lowest BCUT2D eigenvalue weighted by molar-refractivity contribution is 0.174. The normalized spacial score (nSPS) is 14.8. The first kappa shape index (κ1) is 15.9. The van der Waals surface area contributed by atoms with E-state index in [1.165, 1.54) is 5.57 Å². The molecule has 0 aliphatic rings. The first-order chi connectivity index (χ1) is 7.10. The van der Waals surface area contributed by atoms with E-state index in [4.69, 9.17) is 9.53 Å². The Labute approximate surface area is 102 Å². The zero-order valence-electron chi connectivity index (χ0n) is 11.9. The molecule has 0 aliphatic heterocycles. The Bertz CT molecular complexity index is 235. The molecule has 0 aromatic heterocycles. The van der Waals surface area contributed by atoms with Crippen molar-refractivity contribution in [3.63, 3.8) is 0 Å². The zero-order chi connectivity index (χ0) is 13.0. The van der Waals surface area contributed by atoms with Gasteiger partial charge in [0.05, 0.1) is 6.10 Å². The lowest BCUT2D eigenvalue weighted by Gasteiger charge is -2.38. The molecule has 96 valence electrons. The van der Waals surface area contributed by atoms with E-state index in [2.05, 4.69) is 53.8 Å². The molecule has 0 bridgehead atoms. The van der Waals surface area contributed by atoms with Gasteiger partial charge in [-0.3, -0.25) is 0 Å². The van der Waals surface area contributed by atoms with Crippen LogP contribution in [0, 0.1) is 0 Å². The quantitative estimate of drug-likeness (QED) is 0.590. The molecule has 2 nitrogen and oxygen atoms in total. The Kier molecular flexibility index (Phi) is 5.94. The Hall–Kier alpha value is -0.123. The van der Waals surface area contributed by atoms with Gasteiger partial charge in [-0.2, -0.15) is 0 Å². The molecule has 0 fully saturated rings. The highest BCUT2D eigenvalue weighted by atomic mass is 28.4. The van der Waals surface area contributed by atoms with Crippen molar-refractivity contribution in [2.45, 2.75) is 65.3 Å². The predicted molar refractivity (Wildman–Crippen MR) is 73.2 cm³/mol. The summed E-state index contributed by atoms with van der Waals surface area (Å²) in [6, 6.07) is 0. The predicted octanol–water partition coefficient (Wildman–Crippen LogP) is 3.73. The van der Waals surface area contributed by atoms with Crippen LogP contribution < -0.4 is 0 Å². The lowest BCUT2D eigenvalue weighted by Crippen LogP contribution is -2.43. The highest BCUT2D eigenvalue weighted by molar-refractivity contribution is 6.74. The van der Waals surface area contributed by atoms with Gasteiger partial charge in [-0.05, 0) is 38.4 Å². The lowest BCUT2D eigenvalue weighted by atomic mass is 10.2. The van der Waals surface area contributed by atoms with Crippen molar-refractivity contribution < 1.29 is 9.53 Å². The molecule has 0 rings (SSSR count). The van der Waals surface area contributed by atoms with Crippen molar-refractivity contribution >= 4 is 8.32 Å². The molecule has 0 saturated carbocycles. The van der Waals surface area contributed by atoms with E-state index in [1.54, 1.807) is 0 Å². The molecule has 16 heavy (non-hydrogen) atoms. The van der Waals surface area contributed by atoms with Crippen LogP contribution in [0.1, 0.15) is 41.0 Å². The van der Waals surface area contributed by atoms with Crippen LogP contribution in [0.3, 0.4) is 0 Å². The van der Waals surface area contributed by atoms with Crippen LogP contribution in [0.25, 0.3) is 0 Å². The third-order valence-corrected chi connectivity index (χ3v) is 7.69. The van der Waals surface area contributed by atoms with Gasteiger partial charge >= 0.3 is 0 Å². The maximum absolute atomic E-state index is 9.06. The minimum Gasteiger partial charge on any atom is -0.410 e. The van der Waals surface area contributed by atoms with Crippen LogP contribution in [0.5, 0.6) is 0 Å². The van der Waals surface area contributed by atoms with Crippen molar-refractivity contribution in [3.05, 3.63) is 11.6 Å². The van der Waals surface area contributed by atoms with Gasteiger partial charge in [-0.15, -0.1) is 0 Å². The van der Waals surface area contributed by atoms with E-state index in [0.29, 0.717) is 6.42 Å². The van der Waals surface area contributed by atoms with E-state index in [0.717, 1.165) is 0 Å². The van der Waals surface area contributed by atoms with E-state index < -0.39 is 8.32 Å². The smallest absolute Gasteiger partial charge is 0.192 e. The van der Waals surface area contributed by atoms with Gasteiger partial charge in [0.1, 0.15) is 0 Å². The molecule has 0 aromatic carbocycles. The second-order valence-electron chi connectivity index (χ2n) is 6.17. The highest BCUT2D eigenvalue weighted by Crippen LogP contribution is 2.37. The summed E-state index contributed by atoms with van der Waals surface area (Å²) in [5, 5.41) is 9.27. The minimum atomic E-state index is -1.73. The number of aliphatic hydroxyl groups is 1. The summed E-state index contributed by atoms with van der Waals surface area (Å²) in [4.78, 5) is 0. The van der Waals surface area contributed by atoms with Crippen LogP contribution in [0.2, 0.25) is 18.1 Å². The summed E-state index contributed by atoms with van der Waals surface area (Å²) in [5.41, 5.74) is 1.25. The van der Waals surface area contributed by atoms with Gasteiger partial charge in [-0.25, -0.2) is 0 Å². The monoisotopic (exact) mass is 244 g/mol. The molecule has 0 aliphatic carbocycles. The Morgan fingerprint density at radius 2 is 1.81 bits per heavy atom. The molecule has 0 aromatic rings. The summed E-state index contributed by atoms with van der Waals surface area (Å²) in [7, 11) is -1.73. The van der Waals surface area contributed by atoms with E-state index in [1.807, 2.05) is 0 Å². The molecule has 0 saturated heterocycles.